The van der Waals surface area contributed by atoms with Crippen molar-refractivity contribution in [2.24, 2.45) is 5.73 Å². The van der Waals surface area contributed by atoms with E-state index in [1.807, 2.05) is 0 Å². The summed E-state index contributed by atoms with van der Waals surface area (Å²) in [5, 5.41) is -0.459. The summed E-state index contributed by atoms with van der Waals surface area (Å²) in [7, 11) is -3.64. The molecule has 0 aliphatic heterocycles. The first kappa shape index (κ1) is 15.0. The average Bonchev–Trinajstić information content (AvgIpc) is 2.42. The first-order chi connectivity index (χ1) is 9.45. The maximum Gasteiger partial charge on any atom is 0.186 e. The van der Waals surface area contributed by atoms with Crippen LogP contribution in [0, 0.1) is 5.82 Å². The van der Waals surface area contributed by atoms with E-state index < -0.39 is 20.9 Å². The highest BCUT2D eigenvalue weighted by Gasteiger charge is 2.27. The average molecular weight is 314 g/mol. The minimum absolute atomic E-state index is 0.0867. The molecular weight excluding hydrogens is 301 g/mol. The van der Waals surface area contributed by atoms with Crippen LogP contribution in [0.15, 0.2) is 53.4 Å². The minimum atomic E-state index is -3.64. The van der Waals surface area contributed by atoms with Crippen LogP contribution in [-0.2, 0) is 9.84 Å². The van der Waals surface area contributed by atoms with Gasteiger partial charge in [0.2, 0.25) is 0 Å². The van der Waals surface area contributed by atoms with Crippen LogP contribution in [0.25, 0.3) is 0 Å². The molecule has 2 aromatic carbocycles. The molecule has 2 aromatic rings. The standard InChI is InChI=1S/C14H13ClFNO2S/c15-11-3-7-13(8-4-11)20(18,19)14(9-17)10-1-5-12(16)6-2-10/h1-8,14H,9,17H2/t14-/m1/s1. The molecule has 0 spiro atoms. The van der Waals surface area contributed by atoms with E-state index in [0.29, 0.717) is 10.6 Å². The topological polar surface area (TPSA) is 60.2 Å². The Balaban J connectivity index is 2.44. The number of rotatable bonds is 4. The van der Waals surface area contributed by atoms with Crippen molar-refractivity contribution in [1.29, 1.82) is 0 Å². The molecule has 0 heterocycles. The number of benzene rings is 2. The van der Waals surface area contributed by atoms with Crippen LogP contribution in [0.2, 0.25) is 5.02 Å². The summed E-state index contributed by atoms with van der Waals surface area (Å²) >= 11 is 5.75. The van der Waals surface area contributed by atoms with Gasteiger partial charge in [-0.25, -0.2) is 12.8 Å². The van der Waals surface area contributed by atoms with E-state index in [1.54, 1.807) is 0 Å². The van der Waals surface area contributed by atoms with Crippen molar-refractivity contribution in [3.63, 3.8) is 0 Å². The van der Waals surface area contributed by atoms with Crippen LogP contribution in [0.4, 0.5) is 4.39 Å². The van der Waals surface area contributed by atoms with Gasteiger partial charge in [-0.05, 0) is 42.0 Å². The molecule has 0 saturated carbocycles. The van der Waals surface area contributed by atoms with Crippen LogP contribution in [0.3, 0.4) is 0 Å². The molecule has 0 fully saturated rings. The molecule has 3 nitrogen and oxygen atoms in total. The lowest BCUT2D eigenvalue weighted by molar-refractivity contribution is 0.581. The number of hydrogen-bond donors (Lipinski definition) is 1. The van der Waals surface area contributed by atoms with Crippen LogP contribution < -0.4 is 5.73 Å². The lowest BCUT2D eigenvalue weighted by Crippen LogP contribution is -2.22. The Morgan fingerprint density at radius 3 is 2.10 bits per heavy atom. The molecular formula is C14H13ClFNO2S. The molecule has 0 aromatic heterocycles. The summed E-state index contributed by atoms with van der Waals surface area (Å²) in [6, 6.07) is 11.2. The van der Waals surface area contributed by atoms with Gasteiger partial charge in [0.1, 0.15) is 11.1 Å². The smallest absolute Gasteiger partial charge is 0.186 e. The second-order valence-corrected chi connectivity index (χ2v) is 6.84. The molecule has 106 valence electrons. The van der Waals surface area contributed by atoms with Crippen molar-refractivity contribution >= 4 is 21.4 Å². The zero-order valence-electron chi connectivity index (χ0n) is 10.5. The molecule has 0 aliphatic rings. The molecule has 0 radical (unpaired) electrons. The van der Waals surface area contributed by atoms with Gasteiger partial charge in [0, 0.05) is 11.6 Å². The third-order valence-electron chi connectivity index (χ3n) is 2.97. The van der Waals surface area contributed by atoms with E-state index in [2.05, 4.69) is 0 Å². The Bertz CT molecular complexity index is 684. The Labute approximate surface area is 122 Å². The first-order valence-corrected chi connectivity index (χ1v) is 7.82. The van der Waals surface area contributed by atoms with Crippen molar-refractivity contribution in [2.75, 3.05) is 6.54 Å². The van der Waals surface area contributed by atoms with Crippen LogP contribution in [0.5, 0.6) is 0 Å². The van der Waals surface area contributed by atoms with Crippen molar-refractivity contribution in [3.8, 4) is 0 Å². The number of hydrogen-bond acceptors (Lipinski definition) is 3. The van der Waals surface area contributed by atoms with Crippen molar-refractivity contribution in [2.45, 2.75) is 10.1 Å². The zero-order chi connectivity index (χ0) is 14.8. The molecule has 0 saturated heterocycles. The van der Waals surface area contributed by atoms with Gasteiger partial charge in [0.15, 0.2) is 9.84 Å². The molecule has 0 aliphatic carbocycles. The zero-order valence-corrected chi connectivity index (χ0v) is 12.0. The van der Waals surface area contributed by atoms with Crippen LogP contribution >= 0.6 is 11.6 Å². The normalized spacial score (nSPS) is 13.2. The fourth-order valence-corrected chi connectivity index (χ4v) is 3.65. The van der Waals surface area contributed by atoms with Gasteiger partial charge in [-0.1, -0.05) is 23.7 Å². The number of halogens is 2. The van der Waals surface area contributed by atoms with E-state index in [9.17, 15) is 12.8 Å². The molecule has 6 heteroatoms. The third kappa shape index (κ3) is 3.00. The lowest BCUT2D eigenvalue weighted by atomic mass is 10.1. The lowest BCUT2D eigenvalue weighted by Gasteiger charge is -2.16. The Hall–Kier alpha value is -1.43. The third-order valence-corrected chi connectivity index (χ3v) is 5.37. The van der Waals surface area contributed by atoms with E-state index >= 15 is 0 Å². The highest BCUT2D eigenvalue weighted by atomic mass is 35.5. The van der Waals surface area contributed by atoms with E-state index in [-0.39, 0.29) is 11.4 Å². The summed E-state index contributed by atoms with van der Waals surface area (Å²) in [5.74, 6) is -0.423. The van der Waals surface area contributed by atoms with Gasteiger partial charge in [-0.15, -0.1) is 0 Å². The molecule has 1 atom stereocenters. The molecule has 20 heavy (non-hydrogen) atoms. The summed E-state index contributed by atoms with van der Waals surface area (Å²) in [6.45, 7) is -0.0867. The molecule has 0 unspecified atom stereocenters. The summed E-state index contributed by atoms with van der Waals surface area (Å²) in [6.07, 6.45) is 0. The predicted octanol–water partition coefficient (Wildman–Crippen LogP) is 2.95. The predicted molar refractivity (Wildman–Crippen MR) is 76.8 cm³/mol. The maximum atomic E-state index is 12.9. The summed E-state index contributed by atoms with van der Waals surface area (Å²) in [5.41, 5.74) is 6.06. The monoisotopic (exact) mass is 313 g/mol. The summed E-state index contributed by atoms with van der Waals surface area (Å²) in [4.78, 5) is 0.140. The SMILES string of the molecule is NC[C@H](c1ccc(F)cc1)S(=O)(=O)c1ccc(Cl)cc1. The fourth-order valence-electron chi connectivity index (χ4n) is 1.91. The van der Waals surface area contributed by atoms with Crippen molar-refractivity contribution < 1.29 is 12.8 Å². The number of nitrogens with two attached hydrogens (primary N) is 1. The van der Waals surface area contributed by atoms with Gasteiger partial charge in [0.25, 0.3) is 0 Å². The van der Waals surface area contributed by atoms with E-state index in [1.165, 1.54) is 48.5 Å². The Morgan fingerprint density at radius 2 is 1.60 bits per heavy atom. The first-order valence-electron chi connectivity index (χ1n) is 5.90. The Morgan fingerprint density at radius 1 is 1.05 bits per heavy atom. The van der Waals surface area contributed by atoms with E-state index in [4.69, 9.17) is 17.3 Å². The highest BCUT2D eigenvalue weighted by Crippen LogP contribution is 2.28. The van der Waals surface area contributed by atoms with Gasteiger partial charge in [0.05, 0.1) is 4.90 Å². The largest absolute Gasteiger partial charge is 0.329 e. The van der Waals surface area contributed by atoms with Gasteiger partial charge in [-0.3, -0.25) is 0 Å². The molecule has 2 N–H and O–H groups in total. The van der Waals surface area contributed by atoms with E-state index in [0.717, 1.165) is 0 Å². The Kier molecular flexibility index (Phi) is 4.42. The second kappa shape index (κ2) is 5.91. The highest BCUT2D eigenvalue weighted by molar-refractivity contribution is 7.91. The number of sulfone groups is 1. The second-order valence-electron chi connectivity index (χ2n) is 4.27. The summed E-state index contributed by atoms with van der Waals surface area (Å²) < 4.78 is 38.0. The van der Waals surface area contributed by atoms with Gasteiger partial charge in [-0.2, -0.15) is 0 Å². The minimum Gasteiger partial charge on any atom is -0.329 e. The van der Waals surface area contributed by atoms with Crippen LogP contribution in [-0.4, -0.2) is 15.0 Å². The molecule has 0 amide bonds. The fraction of sp³-hybridized carbons (Fsp3) is 0.143. The van der Waals surface area contributed by atoms with Crippen molar-refractivity contribution in [1.82, 2.24) is 0 Å². The van der Waals surface area contributed by atoms with Crippen molar-refractivity contribution in [3.05, 3.63) is 64.9 Å². The van der Waals surface area contributed by atoms with Gasteiger partial charge >= 0.3 is 0 Å². The molecule has 0 bridgehead atoms. The maximum absolute atomic E-state index is 12.9. The quantitative estimate of drug-likeness (QED) is 0.944. The molecule has 2 rings (SSSR count). The van der Waals surface area contributed by atoms with Crippen LogP contribution in [0.1, 0.15) is 10.8 Å². The van der Waals surface area contributed by atoms with Gasteiger partial charge < -0.3 is 5.73 Å².